The van der Waals surface area contributed by atoms with Crippen molar-refractivity contribution < 1.29 is 13.2 Å². The first-order valence-corrected chi connectivity index (χ1v) is 6.58. The lowest BCUT2D eigenvalue weighted by Crippen LogP contribution is -2.25. The minimum absolute atomic E-state index is 0.0396. The molecule has 0 spiro atoms. The smallest absolute Gasteiger partial charge is 0.384 e. The molecule has 1 aromatic heterocycles. The van der Waals surface area contributed by atoms with Gasteiger partial charge in [0.1, 0.15) is 11.6 Å². The van der Waals surface area contributed by atoms with Crippen molar-refractivity contribution in [3.8, 4) is 0 Å². The third-order valence-electron chi connectivity index (χ3n) is 3.61. The number of fused-ring (bicyclic) bond motifs is 1. The second-order valence-corrected chi connectivity index (χ2v) is 5.19. The summed E-state index contributed by atoms with van der Waals surface area (Å²) in [7, 11) is 0. The molecule has 3 nitrogen and oxygen atoms in total. The van der Waals surface area contributed by atoms with E-state index in [-0.39, 0.29) is 17.7 Å². The topological polar surface area (TPSA) is 42.1 Å². The van der Waals surface area contributed by atoms with Crippen LogP contribution in [0.2, 0.25) is 0 Å². The number of halogens is 3. The number of aromatic nitrogens is 1. The van der Waals surface area contributed by atoms with Crippen molar-refractivity contribution in [2.75, 3.05) is 10.6 Å². The van der Waals surface area contributed by atoms with Gasteiger partial charge in [-0.2, -0.15) is 13.2 Å². The van der Waals surface area contributed by atoms with Crippen molar-refractivity contribution in [3.63, 3.8) is 0 Å². The van der Waals surface area contributed by atoms with E-state index in [4.69, 9.17) is 5.73 Å². The van der Waals surface area contributed by atoms with Crippen LogP contribution in [0.25, 0.3) is 0 Å². The summed E-state index contributed by atoms with van der Waals surface area (Å²) in [5.41, 5.74) is 6.76. The molecule has 21 heavy (non-hydrogen) atoms. The van der Waals surface area contributed by atoms with E-state index >= 15 is 0 Å². The van der Waals surface area contributed by atoms with Gasteiger partial charge in [0.15, 0.2) is 0 Å². The summed E-state index contributed by atoms with van der Waals surface area (Å²) in [4.78, 5) is 5.89. The van der Waals surface area contributed by atoms with Crippen LogP contribution in [0, 0.1) is 0 Å². The molecule has 0 amide bonds. The first-order valence-electron chi connectivity index (χ1n) is 6.58. The summed E-state index contributed by atoms with van der Waals surface area (Å²) >= 11 is 0. The number of hydrogen-bond acceptors (Lipinski definition) is 3. The third kappa shape index (κ3) is 2.41. The summed E-state index contributed by atoms with van der Waals surface area (Å²) in [6.07, 6.45) is -3.66. The molecule has 0 bridgehead atoms. The van der Waals surface area contributed by atoms with Gasteiger partial charge in [-0.25, -0.2) is 4.98 Å². The standard InChI is InChI=1S/C15H14F3N3/c1-9-6-10-4-2-3-5-12(10)21(9)14-8-11(15(16,17)18)7-13(19)20-14/h2-5,7-9H,6H2,1H3,(H2,19,20). The molecular formula is C15H14F3N3. The summed E-state index contributed by atoms with van der Waals surface area (Å²) in [5, 5.41) is 0. The number of nitrogens with zero attached hydrogens (tertiary/aromatic N) is 2. The zero-order chi connectivity index (χ0) is 15.2. The molecule has 0 radical (unpaired) electrons. The van der Waals surface area contributed by atoms with Crippen LogP contribution in [0.1, 0.15) is 18.1 Å². The fraction of sp³-hybridized carbons (Fsp3) is 0.267. The van der Waals surface area contributed by atoms with E-state index in [0.717, 1.165) is 29.8 Å². The lowest BCUT2D eigenvalue weighted by atomic mass is 10.1. The van der Waals surface area contributed by atoms with E-state index in [0.29, 0.717) is 0 Å². The van der Waals surface area contributed by atoms with Crippen molar-refractivity contribution in [1.29, 1.82) is 0 Å². The highest BCUT2D eigenvalue weighted by atomic mass is 19.4. The zero-order valence-electron chi connectivity index (χ0n) is 11.4. The molecule has 0 saturated heterocycles. The van der Waals surface area contributed by atoms with E-state index in [1.165, 1.54) is 0 Å². The van der Waals surface area contributed by atoms with Gasteiger partial charge in [-0.1, -0.05) is 18.2 Å². The highest BCUT2D eigenvalue weighted by Gasteiger charge is 2.34. The monoisotopic (exact) mass is 293 g/mol. The van der Waals surface area contributed by atoms with Gasteiger partial charge < -0.3 is 10.6 Å². The van der Waals surface area contributed by atoms with Gasteiger partial charge in [-0.05, 0) is 37.1 Å². The summed E-state index contributed by atoms with van der Waals surface area (Å²) in [5.74, 6) is 0.108. The van der Waals surface area contributed by atoms with Crippen LogP contribution in [-0.2, 0) is 12.6 Å². The second kappa shape index (κ2) is 4.65. The third-order valence-corrected chi connectivity index (χ3v) is 3.61. The SMILES string of the molecule is CC1Cc2ccccc2N1c1cc(C(F)(F)F)cc(N)n1. The molecule has 2 heterocycles. The number of pyridine rings is 1. The Morgan fingerprint density at radius 1 is 1.24 bits per heavy atom. The van der Waals surface area contributed by atoms with Gasteiger partial charge in [0, 0.05) is 11.7 Å². The Kier molecular flexibility index (Phi) is 3.04. The number of para-hydroxylation sites is 1. The Hall–Kier alpha value is -2.24. The predicted octanol–water partition coefficient (Wildman–Crippen LogP) is 3.77. The van der Waals surface area contributed by atoms with Gasteiger partial charge in [0.25, 0.3) is 0 Å². The Balaban J connectivity index is 2.11. The molecule has 0 aliphatic carbocycles. The van der Waals surface area contributed by atoms with Crippen LogP contribution in [0.5, 0.6) is 0 Å². The molecule has 0 fully saturated rings. The van der Waals surface area contributed by atoms with Gasteiger partial charge in [-0.15, -0.1) is 0 Å². The Morgan fingerprint density at radius 3 is 2.67 bits per heavy atom. The summed E-state index contributed by atoms with van der Waals surface area (Å²) in [6, 6.07) is 9.59. The van der Waals surface area contributed by atoms with Gasteiger partial charge in [-0.3, -0.25) is 0 Å². The van der Waals surface area contributed by atoms with E-state index in [9.17, 15) is 13.2 Å². The highest BCUT2D eigenvalue weighted by Crippen LogP contribution is 2.39. The van der Waals surface area contributed by atoms with Crippen LogP contribution in [0.15, 0.2) is 36.4 Å². The number of nitrogen functional groups attached to an aromatic ring is 1. The maximum Gasteiger partial charge on any atom is 0.416 e. The number of benzene rings is 1. The van der Waals surface area contributed by atoms with Gasteiger partial charge in [0.2, 0.25) is 0 Å². The van der Waals surface area contributed by atoms with Gasteiger partial charge in [0.05, 0.1) is 5.56 Å². The predicted molar refractivity (Wildman–Crippen MR) is 75.4 cm³/mol. The molecule has 1 aliphatic heterocycles. The van der Waals surface area contributed by atoms with Crippen molar-refractivity contribution in [2.45, 2.75) is 25.6 Å². The average molecular weight is 293 g/mol. The molecule has 1 atom stereocenters. The maximum atomic E-state index is 12.9. The van der Waals surface area contributed by atoms with Crippen LogP contribution < -0.4 is 10.6 Å². The fourth-order valence-corrected chi connectivity index (χ4v) is 2.74. The normalized spacial score (nSPS) is 17.9. The number of nitrogens with two attached hydrogens (primary N) is 1. The Morgan fingerprint density at radius 2 is 1.95 bits per heavy atom. The number of rotatable bonds is 1. The van der Waals surface area contributed by atoms with Crippen LogP contribution in [0.4, 0.5) is 30.5 Å². The largest absolute Gasteiger partial charge is 0.416 e. The first kappa shape index (κ1) is 13.7. The summed E-state index contributed by atoms with van der Waals surface area (Å²) in [6.45, 7) is 1.96. The molecule has 2 aromatic rings. The van der Waals surface area contributed by atoms with Crippen molar-refractivity contribution in [2.24, 2.45) is 0 Å². The molecule has 1 unspecified atom stereocenters. The quantitative estimate of drug-likeness (QED) is 0.870. The van der Waals surface area contributed by atoms with Crippen molar-refractivity contribution in [3.05, 3.63) is 47.5 Å². The van der Waals surface area contributed by atoms with E-state index < -0.39 is 11.7 Å². The van der Waals surface area contributed by atoms with Crippen LogP contribution >= 0.6 is 0 Å². The van der Waals surface area contributed by atoms with E-state index in [1.807, 2.05) is 31.2 Å². The molecule has 3 rings (SSSR count). The number of hydrogen-bond donors (Lipinski definition) is 1. The molecule has 1 aromatic carbocycles. The number of alkyl halides is 3. The minimum Gasteiger partial charge on any atom is -0.384 e. The maximum absolute atomic E-state index is 12.9. The molecule has 110 valence electrons. The number of anilines is 3. The molecule has 1 aliphatic rings. The van der Waals surface area contributed by atoms with Crippen molar-refractivity contribution >= 4 is 17.3 Å². The summed E-state index contributed by atoms with van der Waals surface area (Å²) < 4.78 is 38.8. The lowest BCUT2D eigenvalue weighted by molar-refractivity contribution is -0.137. The molecule has 2 N–H and O–H groups in total. The van der Waals surface area contributed by atoms with Crippen LogP contribution in [-0.4, -0.2) is 11.0 Å². The fourth-order valence-electron chi connectivity index (χ4n) is 2.74. The lowest BCUT2D eigenvalue weighted by Gasteiger charge is -2.25. The van der Waals surface area contributed by atoms with Gasteiger partial charge >= 0.3 is 6.18 Å². The second-order valence-electron chi connectivity index (χ2n) is 5.19. The van der Waals surface area contributed by atoms with Crippen LogP contribution in [0.3, 0.4) is 0 Å². The van der Waals surface area contributed by atoms with E-state index in [1.54, 1.807) is 4.90 Å². The zero-order valence-corrected chi connectivity index (χ0v) is 11.4. The van der Waals surface area contributed by atoms with E-state index in [2.05, 4.69) is 4.98 Å². The molecule has 6 heteroatoms. The first-order chi connectivity index (χ1) is 9.86. The Labute approximate surface area is 120 Å². The molecule has 0 saturated carbocycles. The Bertz CT molecular complexity index is 682. The minimum atomic E-state index is -4.44. The highest BCUT2D eigenvalue weighted by molar-refractivity contribution is 5.70. The van der Waals surface area contributed by atoms with Crippen molar-refractivity contribution in [1.82, 2.24) is 4.98 Å². The molecular weight excluding hydrogens is 279 g/mol. The average Bonchev–Trinajstić information content (AvgIpc) is 2.72.